The molecule has 1 aliphatic rings. The number of amides is 2. The lowest BCUT2D eigenvalue weighted by Gasteiger charge is -2.16. The van der Waals surface area contributed by atoms with Gasteiger partial charge in [-0.3, -0.25) is 9.59 Å². The van der Waals surface area contributed by atoms with Crippen molar-refractivity contribution in [1.82, 2.24) is 15.2 Å². The van der Waals surface area contributed by atoms with Gasteiger partial charge in [-0.15, -0.1) is 0 Å². The number of halogens is 1. The minimum absolute atomic E-state index is 0.0269. The van der Waals surface area contributed by atoms with Crippen molar-refractivity contribution in [2.45, 2.75) is 19.4 Å². The molecule has 18 heavy (non-hydrogen) atoms. The van der Waals surface area contributed by atoms with Crippen molar-refractivity contribution >= 4 is 11.8 Å². The van der Waals surface area contributed by atoms with Crippen LogP contribution in [0.15, 0.2) is 18.3 Å². The number of hydrogen-bond acceptors (Lipinski definition) is 3. The van der Waals surface area contributed by atoms with Crippen molar-refractivity contribution in [2.24, 2.45) is 0 Å². The number of rotatable bonds is 2. The maximum absolute atomic E-state index is 13.4. The minimum Gasteiger partial charge on any atom is -0.352 e. The summed E-state index contributed by atoms with van der Waals surface area (Å²) in [4.78, 5) is 27.9. The molecule has 1 atom stereocenters. The van der Waals surface area contributed by atoms with Gasteiger partial charge in [0.15, 0.2) is 0 Å². The van der Waals surface area contributed by atoms with Gasteiger partial charge in [0.2, 0.25) is 11.9 Å². The van der Waals surface area contributed by atoms with E-state index in [0.29, 0.717) is 19.5 Å². The van der Waals surface area contributed by atoms with E-state index in [2.05, 4.69) is 10.3 Å². The monoisotopic (exact) mass is 251 g/mol. The Morgan fingerprint density at radius 3 is 3.00 bits per heavy atom. The molecular formula is C12H14FN3O2. The van der Waals surface area contributed by atoms with Crippen molar-refractivity contribution < 1.29 is 14.0 Å². The van der Waals surface area contributed by atoms with Gasteiger partial charge in [-0.2, -0.15) is 4.39 Å². The highest BCUT2D eigenvalue weighted by Gasteiger charge is 2.28. The van der Waals surface area contributed by atoms with Gasteiger partial charge in [0.05, 0.1) is 5.56 Å². The van der Waals surface area contributed by atoms with Crippen LogP contribution in [0.25, 0.3) is 0 Å². The van der Waals surface area contributed by atoms with Crippen LogP contribution < -0.4 is 5.32 Å². The summed E-state index contributed by atoms with van der Waals surface area (Å²) < 4.78 is 13.4. The van der Waals surface area contributed by atoms with Crippen molar-refractivity contribution in [2.75, 3.05) is 13.1 Å². The van der Waals surface area contributed by atoms with Gasteiger partial charge in [0.1, 0.15) is 0 Å². The summed E-state index contributed by atoms with van der Waals surface area (Å²) in [6, 6.07) is 2.89. The van der Waals surface area contributed by atoms with E-state index in [0.717, 1.165) is 0 Å². The lowest BCUT2D eigenvalue weighted by atomic mass is 10.2. The third-order valence-electron chi connectivity index (χ3n) is 2.87. The van der Waals surface area contributed by atoms with Gasteiger partial charge in [0.25, 0.3) is 5.91 Å². The second-order valence-electron chi connectivity index (χ2n) is 4.28. The highest BCUT2D eigenvalue weighted by Crippen LogP contribution is 2.14. The van der Waals surface area contributed by atoms with Crippen molar-refractivity contribution in [1.29, 1.82) is 0 Å². The quantitative estimate of drug-likeness (QED) is 0.782. The molecule has 96 valence electrons. The Kier molecular flexibility index (Phi) is 3.55. The lowest BCUT2D eigenvalue weighted by molar-refractivity contribution is -0.119. The van der Waals surface area contributed by atoms with Crippen LogP contribution in [0.3, 0.4) is 0 Å². The fraction of sp³-hybridized carbons (Fsp3) is 0.417. The van der Waals surface area contributed by atoms with Gasteiger partial charge in [0, 0.05) is 32.3 Å². The third-order valence-corrected chi connectivity index (χ3v) is 2.87. The van der Waals surface area contributed by atoms with Crippen LogP contribution in [0, 0.1) is 5.95 Å². The van der Waals surface area contributed by atoms with Gasteiger partial charge in [-0.1, -0.05) is 0 Å². The topological polar surface area (TPSA) is 62.3 Å². The molecule has 1 aromatic rings. The molecule has 2 rings (SSSR count). The van der Waals surface area contributed by atoms with Crippen LogP contribution in [0.2, 0.25) is 0 Å². The first-order valence-corrected chi connectivity index (χ1v) is 5.75. The van der Waals surface area contributed by atoms with Crippen LogP contribution in [-0.2, 0) is 4.79 Å². The van der Waals surface area contributed by atoms with E-state index in [4.69, 9.17) is 0 Å². The fourth-order valence-corrected chi connectivity index (χ4v) is 2.07. The Labute approximate surface area is 104 Å². The molecule has 0 aromatic carbocycles. The molecular weight excluding hydrogens is 237 g/mol. The largest absolute Gasteiger partial charge is 0.352 e. The Morgan fingerprint density at radius 2 is 2.33 bits per heavy atom. The van der Waals surface area contributed by atoms with Crippen LogP contribution in [0.4, 0.5) is 4.39 Å². The van der Waals surface area contributed by atoms with E-state index in [1.807, 2.05) is 0 Å². The lowest BCUT2D eigenvalue weighted by Crippen LogP contribution is -2.37. The number of hydrogen-bond donors (Lipinski definition) is 1. The van der Waals surface area contributed by atoms with E-state index in [9.17, 15) is 14.0 Å². The summed E-state index contributed by atoms with van der Waals surface area (Å²) in [5, 5.41) is 2.75. The molecule has 2 heterocycles. The highest BCUT2D eigenvalue weighted by atomic mass is 19.1. The molecule has 0 bridgehead atoms. The third kappa shape index (κ3) is 2.64. The Morgan fingerprint density at radius 1 is 1.56 bits per heavy atom. The molecule has 1 aliphatic heterocycles. The summed E-state index contributed by atoms with van der Waals surface area (Å²) in [6.07, 6.45) is 1.99. The molecule has 5 nitrogen and oxygen atoms in total. The Bertz CT molecular complexity index is 478. The summed E-state index contributed by atoms with van der Waals surface area (Å²) in [5.41, 5.74) is -0.0269. The average Bonchev–Trinajstić information content (AvgIpc) is 2.76. The molecule has 0 radical (unpaired) electrons. The van der Waals surface area contributed by atoms with E-state index in [1.165, 1.54) is 30.2 Å². The van der Waals surface area contributed by atoms with E-state index < -0.39 is 5.95 Å². The van der Waals surface area contributed by atoms with Gasteiger partial charge in [-0.25, -0.2) is 4.98 Å². The summed E-state index contributed by atoms with van der Waals surface area (Å²) in [5.74, 6) is -1.26. The number of carbonyl (C=O) groups excluding carboxylic acids is 2. The highest BCUT2D eigenvalue weighted by molar-refractivity contribution is 5.94. The standard InChI is InChI=1S/C12H14FN3O2/c1-8(17)15-9-4-6-16(7-9)12(18)10-3-2-5-14-11(10)13/h2-3,5,9H,4,6-7H2,1H3,(H,15,17). The van der Waals surface area contributed by atoms with E-state index in [1.54, 1.807) is 0 Å². The maximum Gasteiger partial charge on any atom is 0.258 e. The number of likely N-dealkylation sites (tertiary alicyclic amines) is 1. The maximum atomic E-state index is 13.4. The number of aromatic nitrogens is 1. The van der Waals surface area contributed by atoms with Crippen LogP contribution >= 0.6 is 0 Å². The van der Waals surface area contributed by atoms with E-state index >= 15 is 0 Å². The molecule has 2 amide bonds. The SMILES string of the molecule is CC(=O)NC1CCN(C(=O)c2cccnc2F)C1. The number of pyridine rings is 1. The van der Waals surface area contributed by atoms with Crippen molar-refractivity contribution in [3.05, 3.63) is 29.8 Å². The second kappa shape index (κ2) is 5.12. The zero-order valence-corrected chi connectivity index (χ0v) is 10.0. The first-order valence-electron chi connectivity index (χ1n) is 5.75. The Balaban J connectivity index is 2.04. The number of nitrogens with one attached hydrogen (secondary N) is 1. The van der Waals surface area contributed by atoms with Gasteiger partial charge < -0.3 is 10.2 Å². The first-order chi connectivity index (χ1) is 8.58. The van der Waals surface area contributed by atoms with Crippen LogP contribution in [0.5, 0.6) is 0 Å². The Hall–Kier alpha value is -1.98. The molecule has 1 unspecified atom stereocenters. The van der Waals surface area contributed by atoms with Gasteiger partial charge >= 0.3 is 0 Å². The summed E-state index contributed by atoms with van der Waals surface area (Å²) in [7, 11) is 0. The zero-order valence-electron chi connectivity index (χ0n) is 10.0. The molecule has 1 aromatic heterocycles. The molecule has 0 spiro atoms. The van der Waals surface area contributed by atoms with E-state index in [-0.39, 0.29) is 23.4 Å². The molecule has 0 aliphatic carbocycles. The average molecular weight is 251 g/mol. The van der Waals surface area contributed by atoms with Gasteiger partial charge in [-0.05, 0) is 18.6 Å². The normalized spacial score (nSPS) is 18.8. The molecule has 6 heteroatoms. The molecule has 1 fully saturated rings. The molecule has 1 saturated heterocycles. The van der Waals surface area contributed by atoms with Crippen molar-refractivity contribution in [3.8, 4) is 0 Å². The van der Waals surface area contributed by atoms with Crippen molar-refractivity contribution in [3.63, 3.8) is 0 Å². The smallest absolute Gasteiger partial charge is 0.258 e. The number of carbonyl (C=O) groups is 2. The fourth-order valence-electron chi connectivity index (χ4n) is 2.07. The summed E-state index contributed by atoms with van der Waals surface area (Å²) >= 11 is 0. The van der Waals surface area contributed by atoms with Crippen LogP contribution in [-0.4, -0.2) is 40.8 Å². The molecule has 0 saturated carbocycles. The minimum atomic E-state index is -0.759. The predicted molar refractivity (Wildman–Crippen MR) is 62.3 cm³/mol. The number of nitrogens with zero attached hydrogens (tertiary/aromatic N) is 2. The predicted octanol–water partition coefficient (Wildman–Crippen LogP) is 0.571. The van der Waals surface area contributed by atoms with Crippen LogP contribution in [0.1, 0.15) is 23.7 Å². The zero-order chi connectivity index (χ0) is 13.1. The molecule has 1 N–H and O–H groups in total. The first kappa shape index (κ1) is 12.5. The summed E-state index contributed by atoms with van der Waals surface area (Å²) in [6.45, 7) is 2.36. The second-order valence-corrected chi connectivity index (χ2v) is 4.28.